The van der Waals surface area contributed by atoms with Gasteiger partial charge in [0, 0.05) is 22.8 Å². The van der Waals surface area contributed by atoms with Gasteiger partial charge in [0.05, 0.1) is 19.2 Å². The second kappa shape index (κ2) is 5.02. The van der Waals surface area contributed by atoms with Crippen molar-refractivity contribution in [3.05, 3.63) is 59.8 Å². The third kappa shape index (κ3) is 2.06. The van der Waals surface area contributed by atoms with Gasteiger partial charge in [-0.1, -0.05) is 17.7 Å². The van der Waals surface area contributed by atoms with Crippen LogP contribution in [0.5, 0.6) is 5.75 Å². The summed E-state index contributed by atoms with van der Waals surface area (Å²) in [5.74, 6) is 0.813. The highest BCUT2D eigenvalue weighted by Crippen LogP contribution is 2.28. The van der Waals surface area contributed by atoms with E-state index in [2.05, 4.69) is 35.8 Å². The summed E-state index contributed by atoms with van der Waals surface area (Å²) in [4.78, 5) is 0. The zero-order valence-electron chi connectivity index (χ0n) is 11.6. The van der Waals surface area contributed by atoms with Crippen molar-refractivity contribution in [1.82, 2.24) is 4.57 Å². The van der Waals surface area contributed by atoms with Crippen LogP contribution < -0.4 is 4.74 Å². The molecular formula is C17H17NO2. The molecule has 1 heterocycles. The maximum absolute atomic E-state index is 9.61. The molecule has 0 spiro atoms. The zero-order valence-corrected chi connectivity index (χ0v) is 11.6. The van der Waals surface area contributed by atoms with E-state index in [0.29, 0.717) is 0 Å². The average Bonchev–Trinajstić information content (AvgIpc) is 2.85. The molecule has 0 aliphatic carbocycles. The molecular weight excluding hydrogens is 250 g/mol. The fourth-order valence-electron chi connectivity index (χ4n) is 2.48. The number of methoxy groups -OCH3 is 1. The summed E-state index contributed by atoms with van der Waals surface area (Å²) in [5.41, 5.74) is 4.17. The number of hydrogen-bond acceptors (Lipinski definition) is 2. The quantitative estimate of drug-likeness (QED) is 0.788. The highest BCUT2D eigenvalue weighted by atomic mass is 16.5. The van der Waals surface area contributed by atoms with Gasteiger partial charge >= 0.3 is 0 Å². The Morgan fingerprint density at radius 2 is 1.80 bits per heavy atom. The number of hydrogen-bond donors (Lipinski definition) is 1. The van der Waals surface area contributed by atoms with E-state index < -0.39 is 0 Å². The summed E-state index contributed by atoms with van der Waals surface area (Å²) in [6, 6.07) is 16.2. The van der Waals surface area contributed by atoms with Crippen LogP contribution in [0.1, 0.15) is 11.3 Å². The van der Waals surface area contributed by atoms with Gasteiger partial charge in [0.25, 0.3) is 0 Å². The van der Waals surface area contributed by atoms with E-state index in [1.54, 1.807) is 7.11 Å². The summed E-state index contributed by atoms with van der Waals surface area (Å²) in [6.07, 6.45) is 0. The highest BCUT2D eigenvalue weighted by Gasteiger charge is 2.10. The molecule has 1 aromatic heterocycles. The fraction of sp³-hybridized carbons (Fsp3) is 0.176. The molecule has 0 fully saturated rings. The Morgan fingerprint density at radius 1 is 1.05 bits per heavy atom. The van der Waals surface area contributed by atoms with E-state index >= 15 is 0 Å². The second-order valence-corrected chi connectivity index (χ2v) is 4.89. The number of aryl methyl sites for hydroxylation is 1. The number of aromatic nitrogens is 1. The SMILES string of the molecule is COc1ccc2cc(CO)n(-c3ccc(C)cc3)c2c1. The van der Waals surface area contributed by atoms with Crippen molar-refractivity contribution in [3.8, 4) is 11.4 Å². The Kier molecular flexibility index (Phi) is 3.20. The van der Waals surface area contributed by atoms with Crippen LogP contribution in [0.4, 0.5) is 0 Å². The predicted octanol–water partition coefficient (Wildman–Crippen LogP) is 3.44. The predicted molar refractivity (Wildman–Crippen MR) is 80.5 cm³/mol. The third-order valence-electron chi connectivity index (χ3n) is 3.54. The van der Waals surface area contributed by atoms with Gasteiger partial charge in [-0.2, -0.15) is 0 Å². The molecule has 0 amide bonds. The fourth-order valence-corrected chi connectivity index (χ4v) is 2.48. The largest absolute Gasteiger partial charge is 0.497 e. The Morgan fingerprint density at radius 3 is 2.45 bits per heavy atom. The van der Waals surface area contributed by atoms with Crippen LogP contribution in [-0.4, -0.2) is 16.8 Å². The smallest absolute Gasteiger partial charge is 0.120 e. The summed E-state index contributed by atoms with van der Waals surface area (Å²) in [6.45, 7) is 2.07. The molecule has 0 saturated heterocycles. The van der Waals surface area contributed by atoms with Crippen LogP contribution in [0, 0.1) is 6.92 Å². The number of benzene rings is 2. The number of nitrogens with zero attached hydrogens (tertiary/aromatic N) is 1. The summed E-state index contributed by atoms with van der Waals surface area (Å²) in [7, 11) is 1.66. The van der Waals surface area contributed by atoms with E-state index in [4.69, 9.17) is 4.74 Å². The molecule has 0 unspecified atom stereocenters. The molecule has 3 aromatic rings. The molecule has 0 aliphatic rings. The van der Waals surface area contributed by atoms with Crippen molar-refractivity contribution in [2.24, 2.45) is 0 Å². The van der Waals surface area contributed by atoms with Crippen LogP contribution in [0.15, 0.2) is 48.5 Å². The molecule has 0 saturated carbocycles. The number of rotatable bonds is 3. The van der Waals surface area contributed by atoms with Crippen molar-refractivity contribution < 1.29 is 9.84 Å². The molecule has 0 radical (unpaired) electrons. The lowest BCUT2D eigenvalue weighted by Gasteiger charge is -2.10. The Bertz CT molecular complexity index is 742. The van der Waals surface area contributed by atoms with E-state index in [1.165, 1.54) is 5.56 Å². The van der Waals surface area contributed by atoms with Gasteiger partial charge in [-0.15, -0.1) is 0 Å². The molecule has 0 bridgehead atoms. The van der Waals surface area contributed by atoms with Crippen LogP contribution in [-0.2, 0) is 6.61 Å². The first kappa shape index (κ1) is 12.8. The monoisotopic (exact) mass is 267 g/mol. The first-order valence-electron chi connectivity index (χ1n) is 6.59. The molecule has 0 atom stereocenters. The lowest BCUT2D eigenvalue weighted by Crippen LogP contribution is -1.99. The third-order valence-corrected chi connectivity index (χ3v) is 3.54. The molecule has 3 heteroatoms. The molecule has 102 valence electrons. The van der Waals surface area contributed by atoms with Gasteiger partial charge in [0.2, 0.25) is 0 Å². The minimum absolute atomic E-state index is 0.00483. The molecule has 20 heavy (non-hydrogen) atoms. The van der Waals surface area contributed by atoms with Gasteiger partial charge in [-0.05, 0) is 37.3 Å². The second-order valence-electron chi connectivity index (χ2n) is 4.89. The molecule has 3 rings (SSSR count). The van der Waals surface area contributed by atoms with Gasteiger partial charge in [0.1, 0.15) is 5.75 Å². The van der Waals surface area contributed by atoms with Crippen LogP contribution >= 0.6 is 0 Å². The molecule has 1 N–H and O–H groups in total. The molecule has 0 aliphatic heterocycles. The van der Waals surface area contributed by atoms with Gasteiger partial charge < -0.3 is 14.4 Å². The van der Waals surface area contributed by atoms with Crippen LogP contribution in [0.2, 0.25) is 0 Å². The number of aliphatic hydroxyl groups excluding tert-OH is 1. The number of aliphatic hydroxyl groups is 1. The van der Waals surface area contributed by atoms with Crippen LogP contribution in [0.25, 0.3) is 16.6 Å². The van der Waals surface area contributed by atoms with Crippen molar-refractivity contribution in [3.63, 3.8) is 0 Å². The number of fused-ring (bicyclic) bond motifs is 1. The minimum Gasteiger partial charge on any atom is -0.497 e. The van der Waals surface area contributed by atoms with E-state index in [9.17, 15) is 5.11 Å². The van der Waals surface area contributed by atoms with Crippen LogP contribution in [0.3, 0.4) is 0 Å². The van der Waals surface area contributed by atoms with Crippen molar-refractivity contribution in [2.75, 3.05) is 7.11 Å². The van der Waals surface area contributed by atoms with E-state index in [-0.39, 0.29) is 6.61 Å². The first-order chi connectivity index (χ1) is 9.72. The molecule has 3 nitrogen and oxygen atoms in total. The van der Waals surface area contributed by atoms with Crippen molar-refractivity contribution >= 4 is 10.9 Å². The topological polar surface area (TPSA) is 34.4 Å². The summed E-state index contributed by atoms with van der Waals surface area (Å²) < 4.78 is 7.37. The lowest BCUT2D eigenvalue weighted by molar-refractivity contribution is 0.275. The van der Waals surface area contributed by atoms with Crippen molar-refractivity contribution in [1.29, 1.82) is 0 Å². The maximum Gasteiger partial charge on any atom is 0.120 e. The molecule has 2 aromatic carbocycles. The van der Waals surface area contributed by atoms with Gasteiger partial charge in [-0.25, -0.2) is 0 Å². The minimum atomic E-state index is 0.00483. The lowest BCUT2D eigenvalue weighted by atomic mass is 10.2. The summed E-state index contributed by atoms with van der Waals surface area (Å²) in [5, 5.41) is 10.7. The van der Waals surface area contributed by atoms with Gasteiger partial charge in [-0.3, -0.25) is 0 Å². The highest BCUT2D eigenvalue weighted by molar-refractivity contribution is 5.84. The Hall–Kier alpha value is -2.26. The number of ether oxygens (including phenoxy) is 1. The first-order valence-corrected chi connectivity index (χ1v) is 6.59. The maximum atomic E-state index is 9.61. The normalized spacial score (nSPS) is 10.9. The Labute approximate surface area is 118 Å². The van der Waals surface area contributed by atoms with Gasteiger partial charge in [0.15, 0.2) is 0 Å². The van der Waals surface area contributed by atoms with E-state index in [0.717, 1.165) is 28.0 Å². The Balaban J connectivity index is 2.28. The standard InChI is InChI=1S/C17H17NO2/c1-12-3-6-14(7-4-12)18-15(11-19)9-13-5-8-16(20-2)10-17(13)18/h3-10,19H,11H2,1-2H3. The summed E-state index contributed by atoms with van der Waals surface area (Å²) >= 11 is 0. The van der Waals surface area contributed by atoms with Crippen molar-refractivity contribution in [2.45, 2.75) is 13.5 Å². The zero-order chi connectivity index (χ0) is 14.1. The van der Waals surface area contributed by atoms with E-state index in [1.807, 2.05) is 24.3 Å². The average molecular weight is 267 g/mol.